The minimum absolute atomic E-state index is 0.138. The monoisotopic (exact) mass is 313 g/mol. The van der Waals surface area contributed by atoms with E-state index in [0.29, 0.717) is 24.8 Å². The largest absolute Gasteiger partial charge is 0.444 e. The molecule has 2 atom stereocenters. The van der Waals surface area contributed by atoms with Gasteiger partial charge in [0.05, 0.1) is 0 Å². The van der Waals surface area contributed by atoms with Crippen LogP contribution in [0.5, 0.6) is 0 Å². The molecule has 1 rings (SSSR count). The lowest BCUT2D eigenvalue weighted by atomic mass is 9.95. The van der Waals surface area contributed by atoms with E-state index < -0.39 is 5.60 Å². The van der Waals surface area contributed by atoms with Crippen molar-refractivity contribution in [1.29, 1.82) is 0 Å². The summed E-state index contributed by atoms with van der Waals surface area (Å²) in [5, 5.41) is 9.17. The van der Waals surface area contributed by atoms with Crippen LogP contribution in [0.4, 0.5) is 4.79 Å². The maximum absolute atomic E-state index is 11.7. The molecule has 1 saturated heterocycles. The maximum atomic E-state index is 11.7. The lowest BCUT2D eigenvalue weighted by molar-refractivity contribution is -0.119. The third-order valence-corrected chi connectivity index (χ3v) is 3.73. The second-order valence-electron chi connectivity index (χ2n) is 7.35. The van der Waals surface area contributed by atoms with Crippen LogP contribution in [0.2, 0.25) is 0 Å². The van der Waals surface area contributed by atoms with Gasteiger partial charge in [-0.15, -0.1) is 0 Å². The Labute approximate surface area is 133 Å². The second kappa shape index (κ2) is 8.36. The summed E-state index contributed by atoms with van der Waals surface area (Å²) in [5.74, 6) is 0.907. The van der Waals surface area contributed by atoms with Gasteiger partial charge >= 0.3 is 6.09 Å². The van der Waals surface area contributed by atoms with E-state index in [2.05, 4.69) is 29.8 Å². The van der Waals surface area contributed by atoms with Crippen LogP contribution in [0, 0.1) is 11.8 Å². The zero-order chi connectivity index (χ0) is 16.8. The van der Waals surface area contributed by atoms with Crippen molar-refractivity contribution in [2.45, 2.75) is 59.1 Å². The first-order chi connectivity index (χ1) is 10.2. The normalized spacial score (nSPS) is 19.9. The Bertz CT molecular complexity index is 377. The van der Waals surface area contributed by atoms with Crippen molar-refractivity contribution in [2.75, 3.05) is 19.6 Å². The van der Waals surface area contributed by atoms with Gasteiger partial charge < -0.3 is 20.7 Å². The molecule has 1 aliphatic heterocycles. The van der Waals surface area contributed by atoms with Crippen molar-refractivity contribution in [3.63, 3.8) is 0 Å². The first kappa shape index (κ1) is 18.7. The van der Waals surface area contributed by atoms with Crippen molar-refractivity contribution in [2.24, 2.45) is 11.8 Å². The fourth-order valence-corrected chi connectivity index (χ4v) is 2.35. The topological polar surface area (TPSA) is 79.5 Å². The number of rotatable bonds is 7. The Kier molecular flexibility index (Phi) is 7.13. The van der Waals surface area contributed by atoms with E-state index in [1.165, 1.54) is 0 Å². The molecule has 0 aromatic rings. The Morgan fingerprint density at radius 1 is 1.36 bits per heavy atom. The molecule has 1 fully saturated rings. The molecule has 0 radical (unpaired) electrons. The van der Waals surface area contributed by atoms with E-state index in [9.17, 15) is 9.59 Å². The number of hydrogen-bond acceptors (Lipinski definition) is 4. The Morgan fingerprint density at radius 3 is 2.55 bits per heavy atom. The molecule has 0 aliphatic carbocycles. The minimum atomic E-state index is -0.476. The van der Waals surface area contributed by atoms with Gasteiger partial charge in [0.25, 0.3) is 0 Å². The molecule has 1 aliphatic rings. The molecule has 2 unspecified atom stereocenters. The molecular weight excluding hydrogens is 282 g/mol. The van der Waals surface area contributed by atoms with Crippen molar-refractivity contribution in [3.05, 3.63) is 0 Å². The SMILES string of the molecule is CC(C)C(CNCC1CCC(=O)N1)CNC(=O)OC(C)(C)C. The summed E-state index contributed by atoms with van der Waals surface area (Å²) in [6, 6.07) is 0.235. The first-order valence-electron chi connectivity index (χ1n) is 8.14. The van der Waals surface area contributed by atoms with Crippen LogP contribution >= 0.6 is 0 Å². The third kappa shape index (κ3) is 7.64. The lowest BCUT2D eigenvalue weighted by Crippen LogP contribution is -2.42. The van der Waals surface area contributed by atoms with Crippen LogP contribution in [0.25, 0.3) is 0 Å². The smallest absolute Gasteiger partial charge is 0.407 e. The van der Waals surface area contributed by atoms with Crippen molar-refractivity contribution in [3.8, 4) is 0 Å². The van der Waals surface area contributed by atoms with E-state index >= 15 is 0 Å². The highest BCUT2D eigenvalue weighted by atomic mass is 16.6. The molecule has 0 saturated carbocycles. The first-order valence-corrected chi connectivity index (χ1v) is 8.14. The molecule has 6 heteroatoms. The number of hydrogen-bond donors (Lipinski definition) is 3. The zero-order valence-electron chi connectivity index (χ0n) is 14.5. The van der Waals surface area contributed by atoms with Crippen LogP contribution in [0.1, 0.15) is 47.5 Å². The van der Waals surface area contributed by atoms with Crippen molar-refractivity contribution < 1.29 is 14.3 Å². The quantitative estimate of drug-likeness (QED) is 0.668. The maximum Gasteiger partial charge on any atom is 0.407 e. The molecule has 128 valence electrons. The van der Waals surface area contributed by atoms with Gasteiger partial charge in [-0.3, -0.25) is 4.79 Å². The van der Waals surface area contributed by atoms with E-state index in [1.54, 1.807) is 0 Å². The highest BCUT2D eigenvalue weighted by Gasteiger charge is 2.22. The molecule has 0 aromatic carbocycles. The van der Waals surface area contributed by atoms with Gasteiger partial charge in [-0.25, -0.2) is 4.79 Å². The summed E-state index contributed by atoms with van der Waals surface area (Å²) in [5.41, 5.74) is -0.476. The fraction of sp³-hybridized carbons (Fsp3) is 0.875. The van der Waals surface area contributed by atoms with Gasteiger partial charge in [-0.2, -0.15) is 0 Å². The van der Waals surface area contributed by atoms with E-state index in [1.807, 2.05) is 20.8 Å². The summed E-state index contributed by atoms with van der Waals surface area (Å²) in [6.07, 6.45) is 1.15. The molecule has 6 nitrogen and oxygen atoms in total. The predicted molar refractivity (Wildman–Crippen MR) is 86.6 cm³/mol. The van der Waals surface area contributed by atoms with Crippen LogP contribution in [0.3, 0.4) is 0 Å². The zero-order valence-corrected chi connectivity index (χ0v) is 14.5. The fourth-order valence-electron chi connectivity index (χ4n) is 2.35. The number of ether oxygens (including phenoxy) is 1. The molecule has 1 heterocycles. The molecular formula is C16H31N3O3. The lowest BCUT2D eigenvalue weighted by Gasteiger charge is -2.24. The van der Waals surface area contributed by atoms with Crippen molar-refractivity contribution >= 4 is 12.0 Å². The number of nitrogens with one attached hydrogen (secondary N) is 3. The van der Waals surface area contributed by atoms with Crippen LogP contribution < -0.4 is 16.0 Å². The molecule has 0 aromatic heterocycles. The van der Waals surface area contributed by atoms with Gasteiger partial charge in [0.1, 0.15) is 5.60 Å². The highest BCUT2D eigenvalue weighted by Crippen LogP contribution is 2.11. The molecule has 3 N–H and O–H groups in total. The summed E-state index contributed by atoms with van der Waals surface area (Å²) < 4.78 is 5.25. The minimum Gasteiger partial charge on any atom is -0.444 e. The average molecular weight is 313 g/mol. The Hall–Kier alpha value is -1.30. The van der Waals surface area contributed by atoms with Crippen molar-refractivity contribution in [1.82, 2.24) is 16.0 Å². The van der Waals surface area contributed by atoms with E-state index in [4.69, 9.17) is 4.74 Å². The highest BCUT2D eigenvalue weighted by molar-refractivity contribution is 5.78. The number of carbonyl (C=O) groups is 2. The standard InChI is InChI=1S/C16H31N3O3/c1-11(2)12(9-18-15(21)22-16(3,4)5)8-17-10-13-6-7-14(20)19-13/h11-13,17H,6-10H2,1-5H3,(H,18,21)(H,19,20). The van der Waals surface area contributed by atoms with Gasteiger partial charge in [0.15, 0.2) is 0 Å². The molecule has 0 bridgehead atoms. The van der Waals surface area contributed by atoms with Gasteiger partial charge in [-0.05, 0) is 45.6 Å². The Balaban J connectivity index is 2.27. The summed E-state index contributed by atoms with van der Waals surface area (Å²) in [7, 11) is 0. The van der Waals surface area contributed by atoms with Gasteiger partial charge in [0.2, 0.25) is 5.91 Å². The van der Waals surface area contributed by atoms with Crippen LogP contribution in [0.15, 0.2) is 0 Å². The molecule has 2 amide bonds. The number of carbonyl (C=O) groups excluding carboxylic acids is 2. The van der Waals surface area contributed by atoms with Crippen LogP contribution in [-0.4, -0.2) is 43.3 Å². The van der Waals surface area contributed by atoms with Gasteiger partial charge in [-0.1, -0.05) is 13.8 Å². The third-order valence-electron chi connectivity index (χ3n) is 3.73. The summed E-state index contributed by atoms with van der Waals surface area (Å²) >= 11 is 0. The second-order valence-corrected chi connectivity index (χ2v) is 7.35. The Morgan fingerprint density at radius 2 is 2.05 bits per heavy atom. The number of amides is 2. The number of alkyl carbamates (subject to hydrolysis) is 1. The summed E-state index contributed by atoms with van der Waals surface area (Å²) in [4.78, 5) is 22.9. The van der Waals surface area contributed by atoms with E-state index in [0.717, 1.165) is 19.5 Å². The average Bonchev–Trinajstić information content (AvgIpc) is 2.76. The molecule has 0 spiro atoms. The van der Waals surface area contributed by atoms with Crippen LogP contribution in [-0.2, 0) is 9.53 Å². The van der Waals surface area contributed by atoms with E-state index in [-0.39, 0.29) is 18.0 Å². The molecule has 22 heavy (non-hydrogen) atoms. The summed E-state index contributed by atoms with van der Waals surface area (Å²) in [6.45, 7) is 12.0. The predicted octanol–water partition coefficient (Wildman–Crippen LogP) is 1.65. The van der Waals surface area contributed by atoms with Gasteiger partial charge in [0, 0.05) is 25.6 Å².